The summed E-state index contributed by atoms with van der Waals surface area (Å²) in [5.41, 5.74) is 7.35. The SMILES string of the molecule is COc1ccc(C2NCC(c3ccccc3)c3c2[nH]c2ccccc32)cc1OCc1ccccc1. The third kappa shape index (κ3) is 4.07. The number of aromatic amines is 1. The number of hydrogen-bond acceptors (Lipinski definition) is 3. The highest BCUT2D eigenvalue weighted by molar-refractivity contribution is 5.86. The van der Waals surface area contributed by atoms with Gasteiger partial charge in [-0.05, 0) is 40.5 Å². The molecular formula is C31H28N2O2. The maximum atomic E-state index is 6.22. The van der Waals surface area contributed by atoms with Crippen molar-refractivity contribution in [3.8, 4) is 11.5 Å². The predicted octanol–water partition coefficient (Wildman–Crippen LogP) is 6.58. The summed E-state index contributed by atoms with van der Waals surface area (Å²) in [6.07, 6.45) is 0. The highest BCUT2D eigenvalue weighted by Gasteiger charge is 2.32. The molecule has 4 aromatic carbocycles. The van der Waals surface area contributed by atoms with Crippen molar-refractivity contribution in [1.82, 2.24) is 10.3 Å². The Morgan fingerprint density at radius 3 is 2.31 bits per heavy atom. The van der Waals surface area contributed by atoms with Crippen LogP contribution >= 0.6 is 0 Å². The van der Waals surface area contributed by atoms with E-state index in [2.05, 4.69) is 89.2 Å². The second-order valence-electron chi connectivity index (χ2n) is 8.99. The first-order chi connectivity index (χ1) is 17.3. The number of rotatable bonds is 6. The van der Waals surface area contributed by atoms with E-state index in [-0.39, 0.29) is 12.0 Å². The summed E-state index contributed by atoms with van der Waals surface area (Å²) in [4.78, 5) is 3.74. The highest BCUT2D eigenvalue weighted by atomic mass is 16.5. The van der Waals surface area contributed by atoms with Gasteiger partial charge in [0.1, 0.15) is 6.61 Å². The maximum Gasteiger partial charge on any atom is 0.162 e. The molecule has 2 N–H and O–H groups in total. The van der Waals surface area contributed by atoms with E-state index in [0.717, 1.165) is 29.2 Å². The van der Waals surface area contributed by atoms with Crippen LogP contribution < -0.4 is 14.8 Å². The van der Waals surface area contributed by atoms with E-state index in [9.17, 15) is 0 Å². The van der Waals surface area contributed by atoms with Crippen LogP contribution in [0.25, 0.3) is 10.9 Å². The maximum absolute atomic E-state index is 6.22. The molecule has 0 saturated heterocycles. The van der Waals surface area contributed by atoms with Crippen molar-refractivity contribution in [3.05, 3.63) is 131 Å². The molecule has 6 rings (SSSR count). The average Bonchev–Trinajstić information content (AvgIpc) is 3.32. The quantitative estimate of drug-likeness (QED) is 0.301. The predicted molar refractivity (Wildman–Crippen MR) is 140 cm³/mol. The van der Waals surface area contributed by atoms with Gasteiger partial charge in [-0.1, -0.05) is 84.9 Å². The van der Waals surface area contributed by atoms with E-state index >= 15 is 0 Å². The van der Waals surface area contributed by atoms with Crippen LogP contribution in [0.15, 0.2) is 103 Å². The molecule has 2 unspecified atom stereocenters. The first-order valence-corrected chi connectivity index (χ1v) is 12.1. The first kappa shape index (κ1) is 21.5. The van der Waals surface area contributed by atoms with Crippen molar-refractivity contribution in [2.75, 3.05) is 13.7 Å². The summed E-state index contributed by atoms with van der Waals surface area (Å²) in [7, 11) is 1.68. The monoisotopic (exact) mass is 460 g/mol. The molecular weight excluding hydrogens is 432 g/mol. The lowest BCUT2D eigenvalue weighted by molar-refractivity contribution is 0.284. The lowest BCUT2D eigenvalue weighted by Crippen LogP contribution is -2.34. The number of H-pyrrole nitrogens is 1. The number of nitrogens with one attached hydrogen (secondary N) is 2. The van der Waals surface area contributed by atoms with Crippen LogP contribution in [-0.2, 0) is 6.61 Å². The minimum absolute atomic E-state index is 0.0299. The molecule has 35 heavy (non-hydrogen) atoms. The van der Waals surface area contributed by atoms with Crippen molar-refractivity contribution in [3.63, 3.8) is 0 Å². The van der Waals surface area contributed by atoms with Crippen LogP contribution in [0.1, 0.15) is 39.9 Å². The zero-order valence-electron chi connectivity index (χ0n) is 19.7. The van der Waals surface area contributed by atoms with E-state index in [1.54, 1.807) is 7.11 Å². The Bertz CT molecular complexity index is 1440. The minimum Gasteiger partial charge on any atom is -0.493 e. The molecule has 0 spiro atoms. The van der Waals surface area contributed by atoms with Gasteiger partial charge in [0.15, 0.2) is 11.5 Å². The number of para-hydroxylation sites is 1. The van der Waals surface area contributed by atoms with Gasteiger partial charge in [-0.2, -0.15) is 0 Å². The van der Waals surface area contributed by atoms with E-state index in [0.29, 0.717) is 6.61 Å². The second-order valence-corrected chi connectivity index (χ2v) is 8.99. The van der Waals surface area contributed by atoms with Gasteiger partial charge >= 0.3 is 0 Å². The van der Waals surface area contributed by atoms with Crippen LogP contribution in [0, 0.1) is 0 Å². The van der Waals surface area contributed by atoms with E-state index in [4.69, 9.17) is 9.47 Å². The lowest BCUT2D eigenvalue weighted by Gasteiger charge is -2.31. The molecule has 0 amide bonds. The molecule has 4 heteroatoms. The topological polar surface area (TPSA) is 46.3 Å². The van der Waals surface area contributed by atoms with Crippen molar-refractivity contribution in [2.24, 2.45) is 0 Å². The molecule has 1 aromatic heterocycles. The van der Waals surface area contributed by atoms with Gasteiger partial charge in [0.25, 0.3) is 0 Å². The lowest BCUT2D eigenvalue weighted by atomic mass is 9.83. The van der Waals surface area contributed by atoms with Gasteiger partial charge < -0.3 is 19.8 Å². The molecule has 0 saturated carbocycles. The summed E-state index contributed by atoms with van der Waals surface area (Å²) < 4.78 is 11.8. The number of hydrogen-bond donors (Lipinski definition) is 2. The minimum atomic E-state index is 0.0299. The Balaban J connectivity index is 1.40. The van der Waals surface area contributed by atoms with Gasteiger partial charge in [-0.3, -0.25) is 0 Å². The van der Waals surface area contributed by atoms with Crippen LogP contribution in [0.3, 0.4) is 0 Å². The van der Waals surface area contributed by atoms with Crippen LogP contribution in [-0.4, -0.2) is 18.6 Å². The Morgan fingerprint density at radius 1 is 0.771 bits per heavy atom. The van der Waals surface area contributed by atoms with Crippen molar-refractivity contribution >= 4 is 10.9 Å². The van der Waals surface area contributed by atoms with Crippen LogP contribution in [0.2, 0.25) is 0 Å². The molecule has 2 atom stereocenters. The van der Waals surface area contributed by atoms with E-state index < -0.39 is 0 Å². The number of benzene rings is 4. The second kappa shape index (κ2) is 9.32. The van der Waals surface area contributed by atoms with Crippen LogP contribution in [0.4, 0.5) is 0 Å². The van der Waals surface area contributed by atoms with Gasteiger partial charge in [0.2, 0.25) is 0 Å². The molecule has 0 bridgehead atoms. The van der Waals surface area contributed by atoms with Gasteiger partial charge in [0, 0.05) is 29.1 Å². The molecule has 0 radical (unpaired) electrons. The van der Waals surface area contributed by atoms with Crippen molar-refractivity contribution in [1.29, 1.82) is 0 Å². The number of fused-ring (bicyclic) bond motifs is 3. The summed E-state index contributed by atoms with van der Waals surface area (Å²) in [6.45, 7) is 1.35. The molecule has 2 heterocycles. The average molecular weight is 461 g/mol. The molecule has 4 nitrogen and oxygen atoms in total. The fraction of sp³-hybridized carbons (Fsp3) is 0.161. The third-order valence-electron chi connectivity index (χ3n) is 6.90. The summed E-state index contributed by atoms with van der Waals surface area (Å²) in [6, 6.07) is 35.8. The van der Waals surface area contributed by atoms with Crippen molar-refractivity contribution < 1.29 is 9.47 Å². The van der Waals surface area contributed by atoms with Crippen LogP contribution in [0.5, 0.6) is 11.5 Å². The zero-order chi connectivity index (χ0) is 23.6. The standard InChI is InChI=1S/C31H28N2O2/c1-34-27-17-16-23(18-28(27)35-20-21-10-4-2-5-11-21)30-31-29(24-14-8-9-15-26(24)33-31)25(19-32-30)22-12-6-3-7-13-22/h2-18,25,30,32-33H,19-20H2,1H3. The summed E-state index contributed by atoms with van der Waals surface area (Å²) in [5, 5.41) is 5.10. The summed E-state index contributed by atoms with van der Waals surface area (Å²) >= 11 is 0. The Kier molecular flexibility index (Phi) is 5.73. The Hall–Kier alpha value is -4.02. The Labute approximate surface area is 205 Å². The third-order valence-corrected chi connectivity index (χ3v) is 6.90. The number of methoxy groups -OCH3 is 1. The Morgan fingerprint density at radius 2 is 1.51 bits per heavy atom. The van der Waals surface area contributed by atoms with E-state index in [1.165, 1.54) is 27.7 Å². The largest absolute Gasteiger partial charge is 0.493 e. The summed E-state index contributed by atoms with van der Waals surface area (Å²) in [5.74, 6) is 1.77. The van der Waals surface area contributed by atoms with Gasteiger partial charge in [-0.15, -0.1) is 0 Å². The smallest absolute Gasteiger partial charge is 0.162 e. The molecule has 0 fully saturated rings. The molecule has 174 valence electrons. The zero-order valence-corrected chi connectivity index (χ0v) is 19.7. The van der Waals surface area contributed by atoms with Gasteiger partial charge in [-0.25, -0.2) is 0 Å². The highest BCUT2D eigenvalue weighted by Crippen LogP contribution is 2.42. The first-order valence-electron chi connectivity index (χ1n) is 12.1. The van der Waals surface area contributed by atoms with E-state index in [1.807, 2.05) is 24.3 Å². The van der Waals surface area contributed by atoms with Gasteiger partial charge in [0.05, 0.1) is 13.2 Å². The normalized spacial score (nSPS) is 17.2. The molecule has 1 aliphatic rings. The fourth-order valence-electron chi connectivity index (χ4n) is 5.20. The molecule has 1 aliphatic heterocycles. The number of aromatic nitrogens is 1. The fourth-order valence-corrected chi connectivity index (χ4v) is 5.20. The van der Waals surface area contributed by atoms with Crippen molar-refractivity contribution in [2.45, 2.75) is 18.6 Å². The number of ether oxygens (including phenoxy) is 2. The molecule has 5 aromatic rings. The molecule has 0 aliphatic carbocycles.